The van der Waals surface area contributed by atoms with Gasteiger partial charge in [0.25, 0.3) is 0 Å². The largest absolute Gasteiger partial charge is 0.372 e. The number of nitrogens with zero attached hydrogens (tertiary/aromatic N) is 2. The first-order chi connectivity index (χ1) is 13.5. The maximum atomic E-state index is 12.2. The van der Waals surface area contributed by atoms with Crippen LogP contribution in [0.15, 0.2) is 36.5 Å². The second kappa shape index (κ2) is 7.92. The molecule has 1 saturated heterocycles. The molecule has 148 valence electrons. The van der Waals surface area contributed by atoms with Crippen molar-refractivity contribution in [3.63, 3.8) is 0 Å². The topological polar surface area (TPSA) is 54.5 Å². The van der Waals surface area contributed by atoms with Gasteiger partial charge in [0.05, 0.1) is 12.2 Å². The van der Waals surface area contributed by atoms with Gasteiger partial charge in [0.1, 0.15) is 0 Å². The molecule has 1 aromatic carbocycles. The molecule has 1 N–H and O–H groups in total. The van der Waals surface area contributed by atoms with Crippen LogP contribution in [0.1, 0.15) is 37.9 Å². The second-order valence-electron chi connectivity index (χ2n) is 8.18. The lowest BCUT2D eigenvalue weighted by Gasteiger charge is -2.37. The SMILES string of the molecule is Cc1cc(-c2ccc(N3C[C@@H](C)O[C@@H](C)C3)cc2CNC(=O)C2CC2)ccn1. The summed E-state index contributed by atoms with van der Waals surface area (Å²) in [4.78, 5) is 18.9. The molecule has 1 aliphatic heterocycles. The maximum absolute atomic E-state index is 12.2. The van der Waals surface area contributed by atoms with Crippen LogP contribution in [-0.2, 0) is 16.1 Å². The highest BCUT2D eigenvalue weighted by molar-refractivity contribution is 5.81. The molecular weight excluding hydrogens is 350 g/mol. The van der Waals surface area contributed by atoms with Crippen LogP contribution in [0.4, 0.5) is 5.69 Å². The van der Waals surface area contributed by atoms with Gasteiger partial charge in [-0.15, -0.1) is 0 Å². The third-order valence-corrected chi connectivity index (χ3v) is 5.48. The Balaban J connectivity index is 1.64. The van der Waals surface area contributed by atoms with Crippen LogP contribution in [0, 0.1) is 12.8 Å². The zero-order valence-electron chi connectivity index (χ0n) is 16.9. The third-order valence-electron chi connectivity index (χ3n) is 5.48. The molecule has 0 unspecified atom stereocenters. The van der Waals surface area contributed by atoms with E-state index in [2.05, 4.69) is 53.3 Å². The quantitative estimate of drug-likeness (QED) is 0.861. The van der Waals surface area contributed by atoms with Gasteiger partial charge in [0.2, 0.25) is 5.91 Å². The van der Waals surface area contributed by atoms with Crippen molar-refractivity contribution in [2.24, 2.45) is 5.92 Å². The first-order valence-electron chi connectivity index (χ1n) is 10.2. The van der Waals surface area contributed by atoms with Crippen LogP contribution in [0.5, 0.6) is 0 Å². The van der Waals surface area contributed by atoms with E-state index in [1.54, 1.807) is 0 Å². The van der Waals surface area contributed by atoms with Gasteiger partial charge in [-0.2, -0.15) is 0 Å². The van der Waals surface area contributed by atoms with Crippen LogP contribution in [0.2, 0.25) is 0 Å². The lowest BCUT2D eigenvalue weighted by Crippen LogP contribution is -2.45. The van der Waals surface area contributed by atoms with Gasteiger partial charge in [-0.05, 0) is 74.6 Å². The van der Waals surface area contributed by atoms with E-state index in [1.165, 1.54) is 5.69 Å². The third kappa shape index (κ3) is 4.36. The summed E-state index contributed by atoms with van der Waals surface area (Å²) in [5.41, 5.74) is 5.61. The summed E-state index contributed by atoms with van der Waals surface area (Å²) >= 11 is 0. The molecule has 0 spiro atoms. The van der Waals surface area contributed by atoms with Crippen molar-refractivity contribution in [2.75, 3.05) is 18.0 Å². The molecule has 1 amide bonds. The summed E-state index contributed by atoms with van der Waals surface area (Å²) in [5.74, 6) is 0.395. The first kappa shape index (κ1) is 18.9. The highest BCUT2D eigenvalue weighted by Crippen LogP contribution is 2.31. The maximum Gasteiger partial charge on any atom is 0.223 e. The number of rotatable bonds is 5. The number of carbonyl (C=O) groups excluding carboxylic acids is 1. The molecule has 2 aromatic rings. The van der Waals surface area contributed by atoms with Gasteiger partial charge >= 0.3 is 0 Å². The van der Waals surface area contributed by atoms with E-state index in [-0.39, 0.29) is 24.0 Å². The predicted molar refractivity (Wildman–Crippen MR) is 111 cm³/mol. The number of pyridine rings is 1. The number of aryl methyl sites for hydroxylation is 1. The van der Waals surface area contributed by atoms with Crippen LogP contribution in [0.25, 0.3) is 11.1 Å². The fourth-order valence-electron chi connectivity index (χ4n) is 3.98. The molecule has 0 bridgehead atoms. The molecule has 1 aromatic heterocycles. The van der Waals surface area contributed by atoms with Gasteiger partial charge in [-0.1, -0.05) is 6.07 Å². The number of morpholine rings is 1. The van der Waals surface area contributed by atoms with E-state index in [9.17, 15) is 4.79 Å². The van der Waals surface area contributed by atoms with Gasteiger partial charge in [-0.25, -0.2) is 0 Å². The van der Waals surface area contributed by atoms with Crippen molar-refractivity contribution in [1.82, 2.24) is 10.3 Å². The van der Waals surface area contributed by atoms with Crippen LogP contribution in [0.3, 0.4) is 0 Å². The normalized spacial score (nSPS) is 22.2. The monoisotopic (exact) mass is 379 g/mol. The van der Waals surface area contributed by atoms with Crippen LogP contribution in [-0.4, -0.2) is 36.2 Å². The van der Waals surface area contributed by atoms with E-state index >= 15 is 0 Å². The Kier molecular flexibility index (Phi) is 5.36. The Hall–Kier alpha value is -2.40. The predicted octanol–water partition coefficient (Wildman–Crippen LogP) is 3.70. The van der Waals surface area contributed by atoms with Gasteiger partial charge in [-0.3, -0.25) is 9.78 Å². The zero-order chi connectivity index (χ0) is 19.7. The summed E-state index contributed by atoms with van der Waals surface area (Å²) < 4.78 is 5.88. The van der Waals surface area contributed by atoms with E-state index in [0.29, 0.717) is 6.54 Å². The molecule has 2 heterocycles. The smallest absolute Gasteiger partial charge is 0.223 e. The van der Waals surface area contributed by atoms with Crippen molar-refractivity contribution < 1.29 is 9.53 Å². The number of ether oxygens (including phenoxy) is 1. The van der Waals surface area contributed by atoms with E-state index in [0.717, 1.165) is 48.3 Å². The molecule has 2 atom stereocenters. The van der Waals surface area contributed by atoms with E-state index < -0.39 is 0 Å². The number of carbonyl (C=O) groups is 1. The van der Waals surface area contributed by atoms with Gasteiger partial charge in [0.15, 0.2) is 0 Å². The summed E-state index contributed by atoms with van der Waals surface area (Å²) in [6.45, 7) is 8.55. The van der Waals surface area contributed by atoms with Gasteiger partial charge < -0.3 is 15.0 Å². The summed E-state index contributed by atoms with van der Waals surface area (Å²) in [5, 5.41) is 3.14. The summed E-state index contributed by atoms with van der Waals surface area (Å²) in [7, 11) is 0. The van der Waals surface area contributed by atoms with Crippen molar-refractivity contribution in [3.05, 3.63) is 47.8 Å². The van der Waals surface area contributed by atoms with Crippen LogP contribution >= 0.6 is 0 Å². The molecule has 2 fully saturated rings. The number of hydrogen-bond acceptors (Lipinski definition) is 4. The average Bonchev–Trinajstić information content (AvgIpc) is 3.50. The molecule has 1 aliphatic carbocycles. The first-order valence-corrected chi connectivity index (χ1v) is 10.2. The molecule has 4 rings (SSSR count). The van der Waals surface area contributed by atoms with E-state index in [4.69, 9.17) is 4.74 Å². The lowest BCUT2D eigenvalue weighted by molar-refractivity contribution is -0.122. The highest BCUT2D eigenvalue weighted by atomic mass is 16.5. The lowest BCUT2D eigenvalue weighted by atomic mass is 9.98. The fourth-order valence-corrected chi connectivity index (χ4v) is 3.98. The molecule has 28 heavy (non-hydrogen) atoms. The standard InChI is InChI=1S/C23H29N3O2/c1-15-10-19(8-9-24-15)22-7-6-21(26-13-16(2)28-17(3)14-26)11-20(22)12-25-23(27)18-4-5-18/h6-11,16-18H,4-5,12-14H2,1-3H3,(H,25,27)/t16-,17+. The molecule has 0 radical (unpaired) electrons. The molecular formula is C23H29N3O2. The number of nitrogens with one attached hydrogen (secondary N) is 1. The zero-order valence-corrected chi connectivity index (χ0v) is 16.9. The second-order valence-corrected chi connectivity index (χ2v) is 8.18. The van der Waals surface area contributed by atoms with Crippen molar-refractivity contribution in [1.29, 1.82) is 0 Å². The summed E-state index contributed by atoms with van der Waals surface area (Å²) in [6.07, 6.45) is 4.31. The average molecular weight is 380 g/mol. The van der Waals surface area contributed by atoms with Crippen molar-refractivity contribution in [3.8, 4) is 11.1 Å². The molecule has 1 saturated carbocycles. The number of anilines is 1. The minimum Gasteiger partial charge on any atom is -0.372 e. The Labute approximate surface area is 167 Å². The minimum absolute atomic E-state index is 0.177. The van der Waals surface area contributed by atoms with Crippen LogP contribution < -0.4 is 10.2 Å². The Morgan fingerprint density at radius 3 is 2.61 bits per heavy atom. The minimum atomic E-state index is 0.177. The molecule has 5 nitrogen and oxygen atoms in total. The fraction of sp³-hybridized carbons (Fsp3) is 0.478. The van der Waals surface area contributed by atoms with Crippen molar-refractivity contribution >= 4 is 11.6 Å². The Morgan fingerprint density at radius 2 is 1.93 bits per heavy atom. The number of benzene rings is 1. The summed E-state index contributed by atoms with van der Waals surface area (Å²) in [6, 6.07) is 10.7. The van der Waals surface area contributed by atoms with Crippen molar-refractivity contribution in [2.45, 2.75) is 52.4 Å². The van der Waals surface area contributed by atoms with Gasteiger partial charge in [0, 0.05) is 43.1 Å². The highest BCUT2D eigenvalue weighted by Gasteiger charge is 2.29. The van der Waals surface area contributed by atoms with E-state index in [1.807, 2.05) is 19.2 Å². The Morgan fingerprint density at radius 1 is 1.18 bits per heavy atom. The number of hydrogen-bond donors (Lipinski definition) is 1. The number of amides is 1. The molecule has 5 heteroatoms. The Bertz CT molecular complexity index is 853. The molecule has 2 aliphatic rings. The number of aromatic nitrogens is 1.